The highest BCUT2D eigenvalue weighted by Gasteiger charge is 2.33. The van der Waals surface area contributed by atoms with Gasteiger partial charge in [-0.05, 0) is 31.1 Å². The number of fused-ring (bicyclic) bond motifs is 1. The lowest BCUT2D eigenvalue weighted by Gasteiger charge is -2.38. The van der Waals surface area contributed by atoms with Gasteiger partial charge in [0, 0.05) is 6.92 Å². The molecule has 0 aromatic carbocycles. The zero-order valence-corrected chi connectivity index (χ0v) is 9.00. The van der Waals surface area contributed by atoms with Crippen molar-refractivity contribution in [2.45, 2.75) is 58.0 Å². The summed E-state index contributed by atoms with van der Waals surface area (Å²) in [6.45, 7) is 1.52. The molecule has 0 bridgehead atoms. The summed E-state index contributed by atoms with van der Waals surface area (Å²) in [5, 5.41) is 0. The number of carbonyl (C=O) groups excluding carboxylic acids is 1. The van der Waals surface area contributed by atoms with Crippen molar-refractivity contribution < 1.29 is 9.53 Å². The normalized spacial score (nSPS) is 37.4. The van der Waals surface area contributed by atoms with Crippen LogP contribution in [0, 0.1) is 11.8 Å². The number of ether oxygens (including phenoxy) is 1. The highest BCUT2D eigenvalue weighted by molar-refractivity contribution is 5.66. The molecule has 0 unspecified atom stereocenters. The minimum atomic E-state index is -0.107. The van der Waals surface area contributed by atoms with E-state index < -0.39 is 0 Å². The third-order valence-corrected chi connectivity index (χ3v) is 3.82. The van der Waals surface area contributed by atoms with Crippen LogP contribution in [0.4, 0.5) is 0 Å². The van der Waals surface area contributed by atoms with E-state index in [0.29, 0.717) is 0 Å². The Morgan fingerprint density at radius 1 is 1.07 bits per heavy atom. The molecule has 2 nitrogen and oxygen atoms in total. The van der Waals surface area contributed by atoms with Crippen molar-refractivity contribution in [3.63, 3.8) is 0 Å². The van der Waals surface area contributed by atoms with Crippen molar-refractivity contribution in [1.82, 2.24) is 0 Å². The molecule has 2 rings (SSSR count). The standard InChI is InChI=1S/C12H20O2/c1-9(13)14-12-7-6-10-4-2-3-5-11(10)8-12/h10-12H,2-8H2,1H3/t10-,11-,12+/m1/s1. The predicted molar refractivity (Wildman–Crippen MR) is 54.9 cm³/mol. The first kappa shape index (κ1) is 10.0. The van der Waals surface area contributed by atoms with Crippen LogP contribution in [0.15, 0.2) is 0 Å². The number of hydrogen-bond acceptors (Lipinski definition) is 2. The summed E-state index contributed by atoms with van der Waals surface area (Å²) in [5.74, 6) is 1.68. The highest BCUT2D eigenvalue weighted by atomic mass is 16.5. The van der Waals surface area contributed by atoms with Crippen molar-refractivity contribution in [2.24, 2.45) is 11.8 Å². The van der Waals surface area contributed by atoms with E-state index in [1.54, 1.807) is 0 Å². The van der Waals surface area contributed by atoms with E-state index in [2.05, 4.69) is 0 Å². The Balaban J connectivity index is 1.86. The first-order chi connectivity index (χ1) is 6.75. The van der Waals surface area contributed by atoms with Gasteiger partial charge >= 0.3 is 5.97 Å². The van der Waals surface area contributed by atoms with Gasteiger partial charge in [0.1, 0.15) is 6.10 Å². The zero-order chi connectivity index (χ0) is 9.97. The summed E-state index contributed by atoms with van der Waals surface area (Å²) >= 11 is 0. The molecule has 0 amide bonds. The van der Waals surface area contributed by atoms with E-state index in [9.17, 15) is 4.79 Å². The maximum Gasteiger partial charge on any atom is 0.302 e. The number of hydrogen-bond donors (Lipinski definition) is 0. The average molecular weight is 196 g/mol. The Hall–Kier alpha value is -0.530. The van der Waals surface area contributed by atoms with Gasteiger partial charge in [-0.15, -0.1) is 0 Å². The lowest BCUT2D eigenvalue weighted by atomic mass is 9.70. The molecule has 2 heteroatoms. The van der Waals surface area contributed by atoms with E-state index in [-0.39, 0.29) is 12.1 Å². The van der Waals surface area contributed by atoms with E-state index >= 15 is 0 Å². The molecule has 2 aliphatic rings. The molecule has 0 aliphatic heterocycles. The second kappa shape index (κ2) is 4.33. The molecule has 2 aliphatic carbocycles. The molecule has 0 N–H and O–H groups in total. The predicted octanol–water partition coefficient (Wildman–Crippen LogP) is 2.91. The molecule has 3 atom stereocenters. The van der Waals surface area contributed by atoms with E-state index in [1.165, 1.54) is 39.0 Å². The Morgan fingerprint density at radius 3 is 2.50 bits per heavy atom. The first-order valence-corrected chi connectivity index (χ1v) is 5.93. The molecule has 0 aromatic heterocycles. The summed E-state index contributed by atoms with van der Waals surface area (Å²) < 4.78 is 5.30. The summed E-state index contributed by atoms with van der Waals surface area (Å²) in [6, 6.07) is 0. The second-order valence-electron chi connectivity index (χ2n) is 4.85. The lowest BCUT2D eigenvalue weighted by molar-refractivity contribution is -0.149. The minimum Gasteiger partial charge on any atom is -0.463 e. The van der Waals surface area contributed by atoms with Gasteiger partial charge in [-0.1, -0.05) is 25.7 Å². The molecule has 14 heavy (non-hydrogen) atoms. The molecule has 0 aromatic rings. The van der Waals surface area contributed by atoms with Crippen molar-refractivity contribution in [1.29, 1.82) is 0 Å². The van der Waals surface area contributed by atoms with Crippen LogP contribution in [-0.4, -0.2) is 12.1 Å². The Morgan fingerprint density at radius 2 is 1.79 bits per heavy atom. The van der Waals surface area contributed by atoms with Gasteiger partial charge in [-0.25, -0.2) is 0 Å². The monoisotopic (exact) mass is 196 g/mol. The van der Waals surface area contributed by atoms with Crippen LogP contribution in [0.1, 0.15) is 51.9 Å². The minimum absolute atomic E-state index is 0.107. The average Bonchev–Trinajstić information content (AvgIpc) is 2.17. The number of rotatable bonds is 1. The van der Waals surface area contributed by atoms with Crippen LogP contribution >= 0.6 is 0 Å². The van der Waals surface area contributed by atoms with Gasteiger partial charge in [0.15, 0.2) is 0 Å². The molecule has 0 spiro atoms. The third-order valence-electron chi connectivity index (χ3n) is 3.82. The first-order valence-electron chi connectivity index (χ1n) is 5.93. The fourth-order valence-electron chi connectivity index (χ4n) is 3.17. The summed E-state index contributed by atoms with van der Waals surface area (Å²) in [5.41, 5.74) is 0. The SMILES string of the molecule is CC(=O)O[C@H]1CC[C@H]2CCCC[C@@H]2C1. The fourth-order valence-corrected chi connectivity index (χ4v) is 3.17. The second-order valence-corrected chi connectivity index (χ2v) is 4.85. The fraction of sp³-hybridized carbons (Fsp3) is 0.917. The van der Waals surface area contributed by atoms with Crippen molar-refractivity contribution in [3.8, 4) is 0 Å². The molecule has 0 saturated heterocycles. The van der Waals surface area contributed by atoms with Gasteiger partial charge < -0.3 is 4.74 Å². The van der Waals surface area contributed by atoms with Gasteiger partial charge in [0.2, 0.25) is 0 Å². The zero-order valence-electron chi connectivity index (χ0n) is 9.00. The van der Waals surface area contributed by atoms with Crippen molar-refractivity contribution in [3.05, 3.63) is 0 Å². The Kier molecular flexibility index (Phi) is 3.09. The topological polar surface area (TPSA) is 26.3 Å². The maximum absolute atomic E-state index is 10.8. The van der Waals surface area contributed by atoms with Crippen LogP contribution in [-0.2, 0) is 9.53 Å². The number of esters is 1. The van der Waals surface area contributed by atoms with Crippen LogP contribution in [0.5, 0.6) is 0 Å². The van der Waals surface area contributed by atoms with Crippen molar-refractivity contribution in [2.75, 3.05) is 0 Å². The van der Waals surface area contributed by atoms with Gasteiger partial charge in [0.05, 0.1) is 0 Å². The molecular formula is C12H20O2. The Bertz CT molecular complexity index is 212. The summed E-state index contributed by atoms with van der Waals surface area (Å²) in [6.07, 6.45) is 9.31. The van der Waals surface area contributed by atoms with Crippen LogP contribution in [0.2, 0.25) is 0 Å². The third kappa shape index (κ3) is 2.28. The molecule has 0 heterocycles. The van der Waals surface area contributed by atoms with Crippen LogP contribution in [0.3, 0.4) is 0 Å². The summed E-state index contributed by atoms with van der Waals surface area (Å²) in [4.78, 5) is 10.8. The summed E-state index contributed by atoms with van der Waals surface area (Å²) in [7, 11) is 0. The number of carbonyl (C=O) groups is 1. The van der Waals surface area contributed by atoms with Gasteiger partial charge in [-0.2, -0.15) is 0 Å². The molecular weight excluding hydrogens is 176 g/mol. The smallest absolute Gasteiger partial charge is 0.302 e. The Labute approximate surface area is 86.0 Å². The van der Waals surface area contributed by atoms with Crippen LogP contribution in [0.25, 0.3) is 0 Å². The lowest BCUT2D eigenvalue weighted by Crippen LogP contribution is -2.32. The van der Waals surface area contributed by atoms with E-state index in [4.69, 9.17) is 4.74 Å². The van der Waals surface area contributed by atoms with Crippen molar-refractivity contribution >= 4 is 5.97 Å². The van der Waals surface area contributed by atoms with Crippen LogP contribution < -0.4 is 0 Å². The molecule has 2 saturated carbocycles. The molecule has 80 valence electrons. The maximum atomic E-state index is 10.8. The highest BCUT2D eigenvalue weighted by Crippen LogP contribution is 2.41. The molecule has 2 fully saturated rings. The van der Waals surface area contributed by atoms with E-state index in [0.717, 1.165) is 24.7 Å². The largest absolute Gasteiger partial charge is 0.463 e. The quantitative estimate of drug-likeness (QED) is 0.603. The van der Waals surface area contributed by atoms with Gasteiger partial charge in [0.25, 0.3) is 0 Å². The van der Waals surface area contributed by atoms with E-state index in [1.807, 2.05) is 0 Å². The van der Waals surface area contributed by atoms with Gasteiger partial charge in [-0.3, -0.25) is 4.79 Å². The molecule has 0 radical (unpaired) electrons.